The molecule has 97 heavy (non-hydrogen) atoms. The Bertz CT molecular complexity index is 3160. The number of imidazole rings is 3. The van der Waals surface area contributed by atoms with Gasteiger partial charge in [-0.25, -0.2) is 19.7 Å². The number of aromatic amines is 3. The number of nitrogens with zero attached hydrogens (tertiary/aromatic N) is 5. The Morgan fingerprint density at radius 2 is 0.784 bits per heavy atom. The first-order valence-electron chi connectivity index (χ1n) is 30.3. The van der Waals surface area contributed by atoms with Gasteiger partial charge in [0.25, 0.3) is 0 Å². The van der Waals surface area contributed by atoms with Crippen molar-refractivity contribution in [2.45, 2.75) is 158 Å². The highest BCUT2D eigenvalue weighted by molar-refractivity contribution is 6.00. The number of amides is 11. The molecule has 3 rings (SSSR count). The zero-order valence-corrected chi connectivity index (χ0v) is 53.5. The monoisotopic (exact) mass is 1370 g/mol. The van der Waals surface area contributed by atoms with Gasteiger partial charge in [-0.2, -0.15) is 0 Å². The molecule has 13 atom stereocenters. The van der Waals surface area contributed by atoms with Gasteiger partial charge in [0.15, 0.2) is 11.9 Å². The number of aliphatic imine (C=N–C) groups is 2. The average molecular weight is 1370 g/mol. The van der Waals surface area contributed by atoms with Crippen LogP contribution in [0.15, 0.2) is 47.6 Å². The molecular formula is C55H88N24O18. The van der Waals surface area contributed by atoms with Crippen molar-refractivity contribution in [1.82, 2.24) is 88.4 Å². The zero-order chi connectivity index (χ0) is 72.5. The number of nitrogens with one attached hydrogen (secondary N) is 14. The lowest BCUT2D eigenvalue weighted by molar-refractivity contribution is -0.142. The van der Waals surface area contributed by atoms with Crippen LogP contribution >= 0.6 is 0 Å². The molecule has 0 bridgehead atoms. The number of H-pyrrole nitrogens is 3. The van der Waals surface area contributed by atoms with Gasteiger partial charge >= 0.3 is 11.9 Å². The van der Waals surface area contributed by atoms with Crippen molar-refractivity contribution in [1.29, 1.82) is 0 Å². The van der Waals surface area contributed by atoms with E-state index in [4.69, 9.17) is 28.7 Å². The number of aliphatic hydroxyl groups excluding tert-OH is 3. The van der Waals surface area contributed by atoms with E-state index >= 15 is 0 Å². The van der Waals surface area contributed by atoms with Crippen LogP contribution in [-0.4, -0.2) is 250 Å². The normalized spacial score (nSPS) is 15.0. The number of hydrogen-bond donors (Lipinski definition) is 24. The minimum absolute atomic E-state index is 0.0161. The van der Waals surface area contributed by atoms with Crippen LogP contribution in [0.5, 0.6) is 0 Å². The maximum Gasteiger partial charge on any atom is 0.326 e. The zero-order valence-electron chi connectivity index (χ0n) is 53.5. The maximum absolute atomic E-state index is 14.4. The fourth-order valence-corrected chi connectivity index (χ4v) is 8.80. The van der Waals surface area contributed by atoms with E-state index in [2.05, 4.69) is 98.4 Å². The molecular weight excluding hydrogens is 1280 g/mol. The van der Waals surface area contributed by atoms with Crippen LogP contribution in [-0.2, 0) is 81.6 Å². The van der Waals surface area contributed by atoms with E-state index < -0.39 is 188 Å². The predicted molar refractivity (Wildman–Crippen MR) is 338 cm³/mol. The second kappa shape index (κ2) is 41.1. The Labute approximate surface area is 553 Å². The highest BCUT2D eigenvalue weighted by Gasteiger charge is 2.37. The number of hydrogen-bond acceptors (Lipinski definition) is 22. The highest BCUT2D eigenvalue weighted by Crippen LogP contribution is 2.12. The SMILES string of the molecule is CC[C@H](C)[C@H](NC(=O)[C@H](C)NC(=O)[C@@H](N)CO)C(=O)N[C@@H](CO)C(=O)N[C@@H](CC(=O)O)C(=O)N[C@@H](Cc1cnc[nH]1)C(=O)N[C@@H](CCCN=C(N)N)C(=O)N[C@@H](C)C(=O)N[C@@H](Cc1cnc[nH]1)C(=O)N[C@@H](CCCN=C(N)N)C(=O)N[C@@H](CO)C(=O)N[C@@H](Cc1cnc[nH]1)C(=O)O. The van der Waals surface area contributed by atoms with E-state index in [1.165, 1.54) is 51.4 Å². The predicted octanol–water partition coefficient (Wildman–Crippen LogP) is -10.7. The fraction of sp³-hybridized carbons (Fsp3) is 0.564. The highest BCUT2D eigenvalue weighted by atomic mass is 16.4. The van der Waals surface area contributed by atoms with Gasteiger partial charge in [-0.15, -0.1) is 0 Å². The third-order valence-corrected chi connectivity index (χ3v) is 14.4. The van der Waals surface area contributed by atoms with E-state index in [1.807, 2.05) is 0 Å². The van der Waals surface area contributed by atoms with Crippen LogP contribution in [0.1, 0.15) is 83.3 Å². The summed E-state index contributed by atoms with van der Waals surface area (Å²) in [5.41, 5.74) is 28.3. The summed E-state index contributed by atoms with van der Waals surface area (Å²) in [6.45, 7) is 2.63. The van der Waals surface area contributed by atoms with Gasteiger partial charge in [0.2, 0.25) is 65.0 Å². The molecule has 0 fully saturated rings. The first kappa shape index (κ1) is 80.4. The first-order chi connectivity index (χ1) is 45.9. The summed E-state index contributed by atoms with van der Waals surface area (Å²) in [6.07, 6.45) is 5.30. The molecule has 11 amide bonds. The summed E-state index contributed by atoms with van der Waals surface area (Å²) in [7, 11) is 0. The third kappa shape index (κ3) is 28.3. The molecule has 42 nitrogen and oxygen atoms in total. The van der Waals surface area contributed by atoms with E-state index in [1.54, 1.807) is 13.8 Å². The molecule has 3 heterocycles. The van der Waals surface area contributed by atoms with E-state index in [0.29, 0.717) is 5.69 Å². The molecule has 0 saturated heterocycles. The van der Waals surface area contributed by atoms with Crippen molar-refractivity contribution in [2.24, 2.45) is 44.6 Å². The molecule has 42 heteroatoms. The van der Waals surface area contributed by atoms with E-state index in [0.717, 1.165) is 0 Å². The van der Waals surface area contributed by atoms with Gasteiger partial charge in [0, 0.05) is 68.0 Å². The third-order valence-electron chi connectivity index (χ3n) is 14.4. The number of carboxylic acids is 2. The number of aliphatic hydroxyl groups is 3. The van der Waals surface area contributed by atoms with E-state index in [9.17, 15) is 87.9 Å². The summed E-state index contributed by atoms with van der Waals surface area (Å²) in [6, 6.07) is -19.3. The average Bonchev–Trinajstić information content (AvgIpc) is 1.10. The molecule has 0 aromatic carbocycles. The maximum atomic E-state index is 14.4. The Morgan fingerprint density at radius 1 is 0.443 bits per heavy atom. The molecule has 0 aliphatic rings. The second-order valence-corrected chi connectivity index (χ2v) is 22.2. The van der Waals surface area contributed by atoms with Gasteiger partial charge in [-0.05, 0) is 45.4 Å². The molecule has 0 aliphatic carbocycles. The summed E-state index contributed by atoms with van der Waals surface area (Å²) >= 11 is 0. The van der Waals surface area contributed by atoms with Gasteiger partial charge in [-0.3, -0.25) is 67.5 Å². The van der Waals surface area contributed by atoms with Crippen molar-refractivity contribution in [3.8, 4) is 0 Å². The van der Waals surface area contributed by atoms with Gasteiger partial charge < -0.3 is 128 Å². The molecule has 29 N–H and O–H groups in total. The summed E-state index contributed by atoms with van der Waals surface area (Å²) in [4.78, 5) is 203. The van der Waals surface area contributed by atoms with Gasteiger partial charge in [0.1, 0.15) is 72.5 Å². The van der Waals surface area contributed by atoms with Crippen LogP contribution in [0.4, 0.5) is 0 Å². The molecule has 3 aromatic heterocycles. The second-order valence-electron chi connectivity index (χ2n) is 22.2. The summed E-state index contributed by atoms with van der Waals surface area (Å²) < 4.78 is 0. The van der Waals surface area contributed by atoms with Crippen LogP contribution in [0, 0.1) is 5.92 Å². The standard InChI is InChI=1S/C55H88N24O18/c1-5-25(2)41(79-43(86)27(4)69-44(87)31(56)19-80)52(95)78-39(21-82)50(93)75-36(15-40(83)84)49(92)74-35(13-29-17-62-23-67-29)48(91)71-32(8-6-10-64-54(57)58)45(88)70-26(3)42(85)73-34(12-28-16-61-22-66-28)47(90)72-33(9-7-11-65-55(59)60)46(89)77-38(20-81)51(94)76-37(53(96)97)14-30-18-63-24-68-30/h16-18,22-27,31-39,41,80-82H,5-15,19-21,56H2,1-4H3,(H,61,66)(H,62,67)(H,63,68)(H,69,87)(H,70,88)(H,71,91)(H,72,90)(H,73,85)(H,74,92)(H,75,93)(H,76,94)(H,77,89)(H,78,95)(H,79,86)(H,83,84)(H,96,97)(H4,57,58,64)(H4,59,60,65)/t25-,26-,27-,31-,32-,33-,34-,35-,36-,37-,38-,39-,41-/m0/s1. The lowest BCUT2D eigenvalue weighted by Gasteiger charge is -2.28. The largest absolute Gasteiger partial charge is 0.481 e. The molecule has 0 unspecified atom stereocenters. The number of aromatic nitrogens is 6. The first-order valence-corrected chi connectivity index (χ1v) is 30.3. The number of nitrogens with two attached hydrogens (primary N) is 5. The molecule has 0 saturated carbocycles. The molecule has 536 valence electrons. The summed E-state index contributed by atoms with van der Waals surface area (Å²) in [5.74, 6) is -16.1. The van der Waals surface area contributed by atoms with Crippen LogP contribution in [0.25, 0.3) is 0 Å². The fourth-order valence-electron chi connectivity index (χ4n) is 8.80. The lowest BCUT2D eigenvalue weighted by Crippen LogP contribution is -2.62. The van der Waals surface area contributed by atoms with Crippen molar-refractivity contribution < 1.29 is 87.9 Å². The van der Waals surface area contributed by atoms with Crippen LogP contribution in [0.2, 0.25) is 0 Å². The molecule has 0 aliphatic heterocycles. The van der Waals surface area contributed by atoms with Crippen LogP contribution in [0.3, 0.4) is 0 Å². The number of aliphatic carboxylic acids is 2. The van der Waals surface area contributed by atoms with Crippen molar-refractivity contribution in [3.63, 3.8) is 0 Å². The van der Waals surface area contributed by atoms with Gasteiger partial charge in [0.05, 0.1) is 45.2 Å². The summed E-state index contributed by atoms with van der Waals surface area (Å²) in [5, 5.41) is 75.4. The number of rotatable bonds is 44. The van der Waals surface area contributed by atoms with Crippen molar-refractivity contribution in [2.75, 3.05) is 32.9 Å². The number of carboxylic acid groups (broad SMARTS) is 2. The van der Waals surface area contributed by atoms with Crippen LogP contribution < -0.4 is 87.2 Å². The van der Waals surface area contributed by atoms with Crippen molar-refractivity contribution >= 4 is 88.8 Å². The number of carbonyl (C=O) groups is 13. The molecule has 0 radical (unpaired) electrons. The Kier molecular flexibility index (Phi) is 34.0. The Morgan fingerprint density at radius 3 is 1.18 bits per heavy atom. The minimum Gasteiger partial charge on any atom is -0.481 e. The Balaban J connectivity index is 1.90. The van der Waals surface area contributed by atoms with Gasteiger partial charge in [-0.1, -0.05) is 20.3 Å². The number of carbonyl (C=O) groups excluding carboxylic acids is 11. The molecule has 0 spiro atoms. The Hall–Kier alpha value is -10.9. The quantitative estimate of drug-likeness (QED) is 0.0142. The van der Waals surface area contributed by atoms with E-state index in [-0.39, 0.29) is 81.3 Å². The molecule has 3 aromatic rings. The van der Waals surface area contributed by atoms with Crippen molar-refractivity contribution in [3.05, 3.63) is 54.7 Å². The minimum atomic E-state index is -2.04. The smallest absolute Gasteiger partial charge is 0.326 e. The lowest BCUT2D eigenvalue weighted by atomic mass is 9.97. The topological polar surface area (TPSA) is 696 Å². The number of guanidine groups is 2.